The van der Waals surface area contributed by atoms with Crippen LogP contribution in [0.2, 0.25) is 0 Å². The highest BCUT2D eigenvalue weighted by Gasteiger charge is 2.33. The van der Waals surface area contributed by atoms with Gasteiger partial charge in [0.2, 0.25) is 5.91 Å². The van der Waals surface area contributed by atoms with Gasteiger partial charge in [-0.25, -0.2) is 4.79 Å². The van der Waals surface area contributed by atoms with Gasteiger partial charge in [0, 0.05) is 34.1 Å². The highest BCUT2D eigenvalue weighted by Crippen LogP contribution is 2.32. The van der Waals surface area contributed by atoms with E-state index in [1.54, 1.807) is 20.0 Å². The predicted molar refractivity (Wildman–Crippen MR) is 149 cm³/mol. The van der Waals surface area contributed by atoms with Gasteiger partial charge in [-0.1, -0.05) is 37.1 Å². The SMILES string of the molecule is CCCCN(C)C(=O)O[C@@H](C)/C=C\C(=O)NC1COC(C/C=C(C)/C=C/[C@@H]2C[C@H](CO)CC(C)(C)O2)OC1.[HH]. The molecule has 0 unspecified atom stereocenters. The topological polar surface area (TPSA) is 107 Å². The van der Waals surface area contributed by atoms with Crippen LogP contribution in [0, 0.1) is 5.92 Å². The summed E-state index contributed by atoms with van der Waals surface area (Å²) in [6, 6.07) is -0.252. The molecule has 38 heavy (non-hydrogen) atoms. The van der Waals surface area contributed by atoms with Crippen LogP contribution in [0.5, 0.6) is 0 Å². The highest BCUT2D eigenvalue weighted by molar-refractivity contribution is 5.87. The first-order chi connectivity index (χ1) is 18.0. The van der Waals surface area contributed by atoms with Crippen LogP contribution >= 0.6 is 0 Å². The third-order valence-electron chi connectivity index (χ3n) is 6.56. The zero-order chi connectivity index (χ0) is 28.1. The van der Waals surface area contributed by atoms with E-state index in [2.05, 4.69) is 38.2 Å². The number of aliphatic hydroxyl groups is 1. The van der Waals surface area contributed by atoms with Gasteiger partial charge in [0.1, 0.15) is 6.10 Å². The van der Waals surface area contributed by atoms with Crippen molar-refractivity contribution in [2.75, 3.05) is 33.4 Å². The standard InChI is InChI=1S/C29H48N2O7.H2/c1-7-8-15-31(6)28(34)37-22(3)11-13-26(33)30-24-19-35-27(36-20-24)14-10-21(2)9-12-25-16-23(18-32)17-29(4,5)38-25;/h9-13,22-25,27,32H,7-8,14-20H2,1-6H3,(H,30,33);1H/b12-9+,13-11-,21-10+;/t22-,23-,24?,25+,27?;/m0./s1. The molecule has 9 nitrogen and oxygen atoms in total. The van der Waals surface area contributed by atoms with Crippen LogP contribution in [0.15, 0.2) is 36.0 Å². The van der Waals surface area contributed by atoms with E-state index in [0.717, 1.165) is 31.3 Å². The zero-order valence-corrected chi connectivity index (χ0v) is 24.0. The maximum atomic E-state index is 12.3. The molecule has 0 radical (unpaired) electrons. The van der Waals surface area contributed by atoms with Crippen molar-refractivity contribution in [3.8, 4) is 0 Å². The van der Waals surface area contributed by atoms with Gasteiger partial charge >= 0.3 is 6.09 Å². The van der Waals surface area contributed by atoms with Crippen molar-refractivity contribution in [1.82, 2.24) is 10.2 Å². The van der Waals surface area contributed by atoms with Crippen LogP contribution < -0.4 is 5.32 Å². The van der Waals surface area contributed by atoms with Crippen molar-refractivity contribution in [1.29, 1.82) is 0 Å². The molecule has 2 fully saturated rings. The van der Waals surface area contributed by atoms with Gasteiger partial charge in [-0.05, 0) is 59.0 Å². The molecule has 2 N–H and O–H groups in total. The monoisotopic (exact) mass is 538 g/mol. The molecule has 0 aliphatic carbocycles. The van der Waals surface area contributed by atoms with Crippen molar-refractivity contribution in [3.63, 3.8) is 0 Å². The minimum atomic E-state index is -0.517. The first-order valence-corrected chi connectivity index (χ1v) is 13.8. The van der Waals surface area contributed by atoms with Crippen LogP contribution in [0.3, 0.4) is 0 Å². The third-order valence-corrected chi connectivity index (χ3v) is 6.56. The van der Waals surface area contributed by atoms with E-state index in [1.165, 1.54) is 11.0 Å². The first-order valence-electron chi connectivity index (χ1n) is 13.8. The molecule has 0 spiro atoms. The number of carbonyl (C=O) groups is 2. The van der Waals surface area contributed by atoms with E-state index in [1.807, 2.05) is 13.0 Å². The summed E-state index contributed by atoms with van der Waals surface area (Å²) in [7, 11) is 1.70. The Morgan fingerprint density at radius 3 is 2.63 bits per heavy atom. The summed E-state index contributed by atoms with van der Waals surface area (Å²) >= 11 is 0. The molecule has 2 rings (SSSR count). The molecule has 0 aromatic carbocycles. The van der Waals surface area contributed by atoms with E-state index in [0.29, 0.717) is 26.2 Å². The Morgan fingerprint density at radius 1 is 1.26 bits per heavy atom. The van der Waals surface area contributed by atoms with E-state index in [4.69, 9.17) is 18.9 Å². The summed E-state index contributed by atoms with van der Waals surface area (Å²) in [5, 5.41) is 12.4. The van der Waals surface area contributed by atoms with Crippen molar-refractivity contribution in [2.24, 2.45) is 5.92 Å². The van der Waals surface area contributed by atoms with Crippen LogP contribution in [0.25, 0.3) is 0 Å². The van der Waals surface area contributed by atoms with Crippen LogP contribution in [-0.4, -0.2) is 85.6 Å². The lowest BCUT2D eigenvalue weighted by Crippen LogP contribution is -2.46. The maximum absolute atomic E-state index is 12.3. The fourth-order valence-electron chi connectivity index (χ4n) is 4.49. The molecular weight excluding hydrogens is 488 g/mol. The van der Waals surface area contributed by atoms with E-state index in [-0.39, 0.29) is 43.9 Å². The molecule has 2 heterocycles. The van der Waals surface area contributed by atoms with Crippen molar-refractivity contribution in [2.45, 2.75) is 96.9 Å². The molecule has 2 aliphatic heterocycles. The predicted octanol–water partition coefficient (Wildman–Crippen LogP) is 4.36. The highest BCUT2D eigenvalue weighted by atomic mass is 16.7. The van der Waals surface area contributed by atoms with E-state index < -0.39 is 12.2 Å². The number of allylic oxidation sites excluding steroid dienone is 2. The maximum Gasteiger partial charge on any atom is 0.410 e. The number of unbranched alkanes of at least 4 members (excludes halogenated alkanes) is 1. The average molecular weight is 539 g/mol. The Balaban J connectivity index is 0.00000760. The minimum absolute atomic E-state index is 0. The Labute approximate surface area is 229 Å². The molecule has 2 aliphatic rings. The number of carbonyl (C=O) groups excluding carboxylic acids is 2. The lowest BCUT2D eigenvalue weighted by molar-refractivity contribution is -0.187. The van der Waals surface area contributed by atoms with E-state index in [9.17, 15) is 14.7 Å². The number of ether oxygens (including phenoxy) is 4. The summed E-state index contributed by atoms with van der Waals surface area (Å²) in [6.07, 6.45) is 12.0. The summed E-state index contributed by atoms with van der Waals surface area (Å²) in [5.74, 6) is -0.0331. The summed E-state index contributed by atoms with van der Waals surface area (Å²) in [4.78, 5) is 25.8. The molecule has 0 aromatic heterocycles. The zero-order valence-electron chi connectivity index (χ0n) is 24.0. The van der Waals surface area contributed by atoms with E-state index >= 15 is 0 Å². The minimum Gasteiger partial charge on any atom is -0.442 e. The summed E-state index contributed by atoms with van der Waals surface area (Å²) < 4.78 is 23.0. The Morgan fingerprint density at radius 2 is 1.97 bits per heavy atom. The number of aliphatic hydroxyl groups excluding tert-OH is 1. The first kappa shape index (κ1) is 32.0. The number of nitrogens with one attached hydrogen (secondary N) is 1. The average Bonchev–Trinajstić information content (AvgIpc) is 2.88. The number of nitrogens with zero attached hydrogens (tertiary/aromatic N) is 1. The molecule has 9 heteroatoms. The van der Waals surface area contributed by atoms with Crippen LogP contribution in [0.1, 0.15) is 68.1 Å². The second kappa shape index (κ2) is 16.0. The fourth-order valence-corrected chi connectivity index (χ4v) is 4.49. The van der Waals surface area contributed by atoms with Crippen molar-refractivity contribution < 1.29 is 35.1 Å². The molecule has 2 saturated heterocycles. The molecule has 0 saturated carbocycles. The molecule has 3 atom stereocenters. The Kier molecular flexibility index (Phi) is 13.5. The second-order valence-corrected chi connectivity index (χ2v) is 11.0. The van der Waals surface area contributed by atoms with Gasteiger partial charge in [0.15, 0.2) is 6.29 Å². The number of hydrogen-bond donors (Lipinski definition) is 2. The number of amides is 2. The molecule has 0 bridgehead atoms. The fraction of sp³-hybridized carbons (Fsp3) is 0.724. The van der Waals surface area contributed by atoms with Crippen LogP contribution in [-0.2, 0) is 23.7 Å². The summed E-state index contributed by atoms with van der Waals surface area (Å²) in [5.41, 5.74) is 0.844. The molecule has 0 aromatic rings. The van der Waals surface area contributed by atoms with Crippen molar-refractivity contribution in [3.05, 3.63) is 36.0 Å². The normalized spacial score (nSPS) is 26.9. The lowest BCUT2D eigenvalue weighted by Gasteiger charge is -2.39. The van der Waals surface area contributed by atoms with Gasteiger partial charge in [0.05, 0.1) is 31.0 Å². The quantitative estimate of drug-likeness (QED) is 0.281. The molecule has 2 amide bonds. The third kappa shape index (κ3) is 12.1. The Bertz CT molecular complexity index is 837. The van der Waals surface area contributed by atoms with Crippen LogP contribution in [0.4, 0.5) is 4.79 Å². The molecule has 218 valence electrons. The number of rotatable bonds is 12. The van der Waals surface area contributed by atoms with Crippen molar-refractivity contribution >= 4 is 12.0 Å². The summed E-state index contributed by atoms with van der Waals surface area (Å²) in [6.45, 7) is 11.5. The van der Waals surface area contributed by atoms with Gasteiger partial charge < -0.3 is 34.3 Å². The Hall–Kier alpha value is -2.20. The lowest BCUT2D eigenvalue weighted by atomic mass is 9.86. The second-order valence-electron chi connectivity index (χ2n) is 11.0. The number of hydrogen-bond acceptors (Lipinski definition) is 7. The van der Waals surface area contributed by atoms with Gasteiger partial charge in [-0.15, -0.1) is 0 Å². The van der Waals surface area contributed by atoms with Gasteiger partial charge in [0.25, 0.3) is 0 Å². The molecular formula is C29H50N2O7. The smallest absolute Gasteiger partial charge is 0.410 e. The van der Waals surface area contributed by atoms with Gasteiger partial charge in [-0.2, -0.15) is 0 Å². The largest absolute Gasteiger partial charge is 0.442 e. The van der Waals surface area contributed by atoms with Gasteiger partial charge in [-0.3, -0.25) is 4.79 Å².